The highest BCUT2D eigenvalue weighted by Crippen LogP contribution is 2.12. The van der Waals surface area contributed by atoms with Gasteiger partial charge in [-0.2, -0.15) is 0 Å². The summed E-state index contributed by atoms with van der Waals surface area (Å²) in [6.07, 6.45) is 1.60. The smallest absolute Gasteiger partial charge is 0.244 e. The van der Waals surface area contributed by atoms with Gasteiger partial charge in [0.05, 0.1) is 0 Å². The molecule has 0 saturated carbocycles. The first-order valence-corrected chi connectivity index (χ1v) is 5.76. The minimum Gasteiger partial charge on any atom is -0.330 e. The number of nitrogens with zero attached hydrogens (tertiary/aromatic N) is 1. The molecule has 1 N–H and O–H groups in total. The summed E-state index contributed by atoms with van der Waals surface area (Å²) < 4.78 is 0. The Morgan fingerprint density at radius 3 is 2.61 bits per heavy atom. The Morgan fingerprint density at radius 1 is 1.39 bits per heavy atom. The molecule has 0 aliphatic carbocycles. The second kappa shape index (κ2) is 6.59. The van der Waals surface area contributed by atoms with Crippen molar-refractivity contribution in [3.63, 3.8) is 0 Å². The van der Waals surface area contributed by atoms with Crippen molar-refractivity contribution in [2.24, 2.45) is 0 Å². The molecular weight excluding hydrogens is 228 g/mol. The van der Waals surface area contributed by atoms with Crippen LogP contribution in [0, 0.1) is 6.92 Å². The van der Waals surface area contributed by atoms with Crippen molar-refractivity contribution < 1.29 is 9.59 Å². The molecule has 0 aromatic heterocycles. The summed E-state index contributed by atoms with van der Waals surface area (Å²) in [6.45, 7) is 7.33. The SMILES string of the molecule is C=CCN(CC(=O)Nc1ccccc1C)C(C)=O. The number of nitrogens with one attached hydrogen (secondary N) is 1. The van der Waals surface area contributed by atoms with Crippen molar-refractivity contribution in [1.29, 1.82) is 0 Å². The molecule has 0 radical (unpaired) electrons. The second-order valence-electron chi connectivity index (χ2n) is 4.05. The maximum Gasteiger partial charge on any atom is 0.244 e. The molecule has 1 aromatic carbocycles. The molecule has 0 aliphatic rings. The molecule has 4 heteroatoms. The third-order valence-electron chi connectivity index (χ3n) is 2.55. The summed E-state index contributed by atoms with van der Waals surface area (Å²) in [5, 5.41) is 2.79. The zero-order valence-corrected chi connectivity index (χ0v) is 10.8. The number of anilines is 1. The fourth-order valence-corrected chi connectivity index (χ4v) is 1.54. The van der Waals surface area contributed by atoms with E-state index in [1.54, 1.807) is 6.08 Å². The Kier molecular flexibility index (Phi) is 5.11. The van der Waals surface area contributed by atoms with Gasteiger partial charge in [0, 0.05) is 19.2 Å². The minimum absolute atomic E-state index is 0.0374. The highest BCUT2D eigenvalue weighted by atomic mass is 16.2. The lowest BCUT2D eigenvalue weighted by Crippen LogP contribution is -2.36. The van der Waals surface area contributed by atoms with Crippen LogP contribution >= 0.6 is 0 Å². The van der Waals surface area contributed by atoms with Crippen LogP contribution in [0.3, 0.4) is 0 Å². The Hall–Kier alpha value is -2.10. The van der Waals surface area contributed by atoms with Crippen molar-refractivity contribution in [1.82, 2.24) is 4.90 Å². The van der Waals surface area contributed by atoms with E-state index in [1.165, 1.54) is 11.8 Å². The molecule has 96 valence electrons. The van der Waals surface area contributed by atoms with Gasteiger partial charge in [-0.15, -0.1) is 6.58 Å². The molecule has 0 heterocycles. The fraction of sp³-hybridized carbons (Fsp3) is 0.286. The predicted octanol–water partition coefficient (Wildman–Crippen LogP) is 1.97. The molecule has 1 rings (SSSR count). The Labute approximate surface area is 107 Å². The number of amides is 2. The summed E-state index contributed by atoms with van der Waals surface area (Å²) in [6, 6.07) is 7.51. The number of hydrogen-bond donors (Lipinski definition) is 1. The third kappa shape index (κ3) is 4.05. The van der Waals surface area contributed by atoms with Gasteiger partial charge in [0.1, 0.15) is 6.54 Å². The summed E-state index contributed by atoms with van der Waals surface area (Å²) in [7, 11) is 0. The quantitative estimate of drug-likeness (QED) is 0.807. The van der Waals surface area contributed by atoms with Crippen LogP contribution in [0.2, 0.25) is 0 Å². The highest BCUT2D eigenvalue weighted by molar-refractivity contribution is 5.94. The van der Waals surface area contributed by atoms with E-state index in [0.717, 1.165) is 11.3 Å². The maximum atomic E-state index is 11.8. The Morgan fingerprint density at radius 2 is 2.06 bits per heavy atom. The lowest BCUT2D eigenvalue weighted by molar-refractivity contribution is -0.132. The molecule has 0 bridgehead atoms. The van der Waals surface area contributed by atoms with Gasteiger partial charge >= 0.3 is 0 Å². The molecule has 0 aliphatic heterocycles. The molecule has 0 unspecified atom stereocenters. The van der Waals surface area contributed by atoms with Crippen LogP contribution in [0.15, 0.2) is 36.9 Å². The summed E-state index contributed by atoms with van der Waals surface area (Å²) in [5.74, 6) is -0.351. The molecular formula is C14H18N2O2. The predicted molar refractivity (Wildman–Crippen MR) is 72.3 cm³/mol. The van der Waals surface area contributed by atoms with Crippen molar-refractivity contribution in [2.45, 2.75) is 13.8 Å². The van der Waals surface area contributed by atoms with Crippen LogP contribution in [0.1, 0.15) is 12.5 Å². The van der Waals surface area contributed by atoms with Crippen molar-refractivity contribution in [3.05, 3.63) is 42.5 Å². The van der Waals surface area contributed by atoms with Gasteiger partial charge in [0.25, 0.3) is 0 Å². The van der Waals surface area contributed by atoms with E-state index in [-0.39, 0.29) is 18.4 Å². The van der Waals surface area contributed by atoms with Crippen LogP contribution in [-0.2, 0) is 9.59 Å². The van der Waals surface area contributed by atoms with Gasteiger partial charge in [-0.25, -0.2) is 0 Å². The molecule has 18 heavy (non-hydrogen) atoms. The monoisotopic (exact) mass is 246 g/mol. The third-order valence-corrected chi connectivity index (χ3v) is 2.55. The average molecular weight is 246 g/mol. The van der Waals surface area contributed by atoms with Crippen LogP contribution in [-0.4, -0.2) is 29.8 Å². The second-order valence-corrected chi connectivity index (χ2v) is 4.05. The topological polar surface area (TPSA) is 49.4 Å². The molecule has 0 fully saturated rings. The first-order chi connectivity index (χ1) is 8.54. The van der Waals surface area contributed by atoms with Crippen molar-refractivity contribution in [3.8, 4) is 0 Å². The van der Waals surface area contributed by atoms with Crippen LogP contribution < -0.4 is 5.32 Å². The van der Waals surface area contributed by atoms with Gasteiger partial charge in [-0.05, 0) is 18.6 Å². The van der Waals surface area contributed by atoms with E-state index in [0.29, 0.717) is 6.54 Å². The fourth-order valence-electron chi connectivity index (χ4n) is 1.54. The van der Waals surface area contributed by atoms with E-state index < -0.39 is 0 Å². The lowest BCUT2D eigenvalue weighted by atomic mass is 10.2. The normalized spacial score (nSPS) is 9.67. The summed E-state index contributed by atoms with van der Waals surface area (Å²) in [4.78, 5) is 24.5. The average Bonchev–Trinajstić information content (AvgIpc) is 2.31. The van der Waals surface area contributed by atoms with E-state index >= 15 is 0 Å². The summed E-state index contributed by atoms with van der Waals surface area (Å²) >= 11 is 0. The first-order valence-electron chi connectivity index (χ1n) is 5.76. The number of benzene rings is 1. The summed E-state index contributed by atoms with van der Waals surface area (Å²) in [5.41, 5.74) is 1.76. The van der Waals surface area contributed by atoms with Crippen LogP contribution in [0.5, 0.6) is 0 Å². The Bertz CT molecular complexity index is 455. The number of carbonyl (C=O) groups is 2. The van der Waals surface area contributed by atoms with Crippen molar-refractivity contribution >= 4 is 17.5 Å². The number of hydrogen-bond acceptors (Lipinski definition) is 2. The number of para-hydroxylation sites is 1. The molecule has 4 nitrogen and oxygen atoms in total. The standard InChI is InChI=1S/C14H18N2O2/c1-4-9-16(12(3)17)10-14(18)15-13-8-6-5-7-11(13)2/h4-8H,1,9-10H2,2-3H3,(H,15,18). The first kappa shape index (κ1) is 14.0. The molecule has 2 amide bonds. The van der Waals surface area contributed by atoms with Crippen molar-refractivity contribution in [2.75, 3.05) is 18.4 Å². The molecule has 0 spiro atoms. The zero-order valence-electron chi connectivity index (χ0n) is 10.8. The molecule has 1 aromatic rings. The van der Waals surface area contributed by atoms with Gasteiger partial charge in [0.15, 0.2) is 0 Å². The van der Waals surface area contributed by atoms with E-state index in [2.05, 4.69) is 11.9 Å². The maximum absolute atomic E-state index is 11.8. The van der Waals surface area contributed by atoms with Gasteiger partial charge in [0.2, 0.25) is 11.8 Å². The number of carbonyl (C=O) groups excluding carboxylic acids is 2. The zero-order chi connectivity index (χ0) is 13.5. The van der Waals surface area contributed by atoms with Crippen LogP contribution in [0.4, 0.5) is 5.69 Å². The van der Waals surface area contributed by atoms with Gasteiger partial charge < -0.3 is 10.2 Å². The van der Waals surface area contributed by atoms with E-state index in [1.807, 2.05) is 31.2 Å². The van der Waals surface area contributed by atoms with Gasteiger partial charge in [-0.1, -0.05) is 24.3 Å². The van der Waals surface area contributed by atoms with E-state index in [9.17, 15) is 9.59 Å². The largest absolute Gasteiger partial charge is 0.330 e. The highest BCUT2D eigenvalue weighted by Gasteiger charge is 2.12. The number of rotatable bonds is 5. The Balaban J connectivity index is 2.63. The van der Waals surface area contributed by atoms with Gasteiger partial charge in [-0.3, -0.25) is 9.59 Å². The minimum atomic E-state index is -0.207. The van der Waals surface area contributed by atoms with Crippen LogP contribution in [0.25, 0.3) is 0 Å². The van der Waals surface area contributed by atoms with E-state index in [4.69, 9.17) is 0 Å². The lowest BCUT2D eigenvalue weighted by Gasteiger charge is -2.18. The number of aryl methyl sites for hydroxylation is 1. The molecule has 0 atom stereocenters. The molecule has 0 saturated heterocycles.